The van der Waals surface area contributed by atoms with Crippen molar-refractivity contribution in [3.63, 3.8) is 0 Å². The van der Waals surface area contributed by atoms with E-state index >= 15 is 0 Å². The lowest BCUT2D eigenvalue weighted by molar-refractivity contribution is 0.0958. The number of hydrogen-bond acceptors (Lipinski definition) is 5. The Balaban J connectivity index is 1.87. The molecule has 21 heavy (non-hydrogen) atoms. The third-order valence-electron chi connectivity index (χ3n) is 2.78. The molecule has 114 valence electrons. The zero-order chi connectivity index (χ0) is 15.5. The van der Waals surface area contributed by atoms with Gasteiger partial charge in [-0.25, -0.2) is 13.1 Å². The highest BCUT2D eigenvalue weighted by molar-refractivity contribution is 7.89. The van der Waals surface area contributed by atoms with E-state index in [0.717, 1.165) is 0 Å². The van der Waals surface area contributed by atoms with Crippen LogP contribution in [0.2, 0.25) is 0 Å². The molecule has 0 saturated heterocycles. The van der Waals surface area contributed by atoms with Crippen molar-refractivity contribution >= 4 is 27.3 Å². The smallest absolute Gasteiger partial charge is 0.261 e. The molecule has 0 aromatic carbocycles. The predicted octanol–water partition coefficient (Wildman–Crippen LogP) is 0.796. The Hall–Kier alpha value is -1.71. The van der Waals surface area contributed by atoms with Crippen LogP contribution in [0.25, 0.3) is 0 Å². The lowest BCUT2D eigenvalue weighted by atomic mass is 10.4. The summed E-state index contributed by atoms with van der Waals surface area (Å²) >= 11 is 1.33. The number of sulfonamides is 1. The average molecular weight is 328 g/mol. The van der Waals surface area contributed by atoms with Crippen LogP contribution in [0.5, 0.6) is 0 Å². The molecular weight excluding hydrogens is 312 g/mol. The van der Waals surface area contributed by atoms with Gasteiger partial charge < -0.3 is 5.32 Å². The van der Waals surface area contributed by atoms with E-state index in [9.17, 15) is 13.2 Å². The second kappa shape index (κ2) is 6.37. The van der Waals surface area contributed by atoms with Crippen LogP contribution in [0, 0.1) is 13.8 Å². The highest BCUT2D eigenvalue weighted by Gasteiger charge is 2.21. The first-order valence-corrected chi connectivity index (χ1v) is 8.61. The molecule has 1 amide bonds. The molecule has 0 atom stereocenters. The lowest BCUT2D eigenvalue weighted by Gasteiger charge is -2.07. The highest BCUT2D eigenvalue weighted by Crippen LogP contribution is 2.15. The molecule has 3 N–H and O–H groups in total. The first-order chi connectivity index (χ1) is 9.92. The molecule has 9 heteroatoms. The standard InChI is InChI=1S/C12H16N4O3S2/c1-8-11(9(2)16-15-8)21(18,19)14-6-5-13-12(17)10-4-3-7-20-10/h3-4,7,14H,5-6H2,1-2H3,(H,13,17)(H,15,16). The molecule has 0 unspecified atom stereocenters. The molecule has 0 fully saturated rings. The minimum absolute atomic E-state index is 0.115. The van der Waals surface area contributed by atoms with E-state index in [4.69, 9.17) is 0 Å². The van der Waals surface area contributed by atoms with E-state index < -0.39 is 10.0 Å². The van der Waals surface area contributed by atoms with E-state index in [2.05, 4.69) is 20.2 Å². The monoisotopic (exact) mass is 328 g/mol. The van der Waals surface area contributed by atoms with Crippen LogP contribution < -0.4 is 10.0 Å². The molecule has 2 heterocycles. The van der Waals surface area contributed by atoms with Crippen molar-refractivity contribution in [1.82, 2.24) is 20.2 Å². The first-order valence-electron chi connectivity index (χ1n) is 6.25. The SMILES string of the molecule is Cc1n[nH]c(C)c1S(=O)(=O)NCCNC(=O)c1cccs1. The van der Waals surface area contributed by atoms with E-state index in [1.165, 1.54) is 11.3 Å². The summed E-state index contributed by atoms with van der Waals surface area (Å²) in [6.45, 7) is 3.60. The Kier molecular flexibility index (Phi) is 4.76. The Bertz CT molecular complexity index is 700. The number of aryl methyl sites for hydroxylation is 2. The van der Waals surface area contributed by atoms with Crippen LogP contribution in [-0.2, 0) is 10.0 Å². The second-order valence-electron chi connectivity index (χ2n) is 4.39. The van der Waals surface area contributed by atoms with Crippen molar-refractivity contribution in [3.05, 3.63) is 33.8 Å². The summed E-state index contributed by atoms with van der Waals surface area (Å²) < 4.78 is 26.7. The molecule has 2 aromatic rings. The fourth-order valence-electron chi connectivity index (χ4n) is 1.87. The predicted molar refractivity (Wildman–Crippen MR) is 79.9 cm³/mol. The molecular formula is C12H16N4O3S2. The summed E-state index contributed by atoms with van der Waals surface area (Å²) in [5.41, 5.74) is 0.908. The normalized spacial score (nSPS) is 11.5. The van der Waals surface area contributed by atoms with Crippen LogP contribution >= 0.6 is 11.3 Å². The number of carbonyl (C=O) groups excluding carboxylic acids is 1. The third-order valence-corrected chi connectivity index (χ3v) is 5.37. The van der Waals surface area contributed by atoms with E-state index in [1.54, 1.807) is 26.0 Å². The molecule has 7 nitrogen and oxygen atoms in total. The molecule has 0 spiro atoms. The number of nitrogens with zero attached hydrogens (tertiary/aromatic N) is 1. The number of rotatable bonds is 6. The number of aromatic amines is 1. The Morgan fingerprint density at radius 3 is 2.71 bits per heavy atom. The summed E-state index contributed by atoms with van der Waals surface area (Å²) in [6.07, 6.45) is 0. The van der Waals surface area contributed by atoms with Gasteiger partial charge in [-0.15, -0.1) is 11.3 Å². The summed E-state index contributed by atoms with van der Waals surface area (Å²) in [5.74, 6) is -0.208. The minimum atomic E-state index is -3.62. The van der Waals surface area contributed by atoms with Crippen LogP contribution in [0.15, 0.2) is 22.4 Å². The average Bonchev–Trinajstić information content (AvgIpc) is 3.05. The van der Waals surface area contributed by atoms with Gasteiger partial charge in [-0.3, -0.25) is 9.89 Å². The minimum Gasteiger partial charge on any atom is -0.350 e. The Morgan fingerprint density at radius 1 is 1.38 bits per heavy atom. The molecule has 0 aliphatic rings. The van der Waals surface area contributed by atoms with Crippen molar-refractivity contribution in [2.24, 2.45) is 0 Å². The van der Waals surface area contributed by atoms with Gasteiger partial charge in [0.15, 0.2) is 0 Å². The van der Waals surface area contributed by atoms with E-state index in [1.807, 2.05) is 5.38 Å². The first kappa shape index (κ1) is 15.7. The van der Waals surface area contributed by atoms with Gasteiger partial charge in [-0.1, -0.05) is 6.07 Å². The summed E-state index contributed by atoms with van der Waals surface area (Å²) in [4.78, 5) is 12.4. The second-order valence-corrected chi connectivity index (χ2v) is 7.05. The molecule has 0 aliphatic heterocycles. The van der Waals surface area contributed by atoms with Gasteiger partial charge >= 0.3 is 0 Å². The quantitative estimate of drug-likeness (QED) is 0.682. The number of hydrogen-bond donors (Lipinski definition) is 3. The zero-order valence-corrected chi connectivity index (χ0v) is 13.3. The van der Waals surface area contributed by atoms with Crippen molar-refractivity contribution < 1.29 is 13.2 Å². The van der Waals surface area contributed by atoms with E-state index in [-0.39, 0.29) is 23.9 Å². The Labute approximate surface area is 126 Å². The van der Waals surface area contributed by atoms with Crippen LogP contribution in [0.1, 0.15) is 21.1 Å². The highest BCUT2D eigenvalue weighted by atomic mass is 32.2. The number of amides is 1. The third kappa shape index (κ3) is 3.69. The maximum absolute atomic E-state index is 12.1. The maximum atomic E-state index is 12.1. The van der Waals surface area contributed by atoms with Crippen molar-refractivity contribution in [3.8, 4) is 0 Å². The van der Waals surface area contributed by atoms with Gasteiger partial charge in [-0.05, 0) is 25.3 Å². The van der Waals surface area contributed by atoms with Gasteiger partial charge in [-0.2, -0.15) is 5.10 Å². The molecule has 2 rings (SSSR count). The number of H-pyrrole nitrogens is 1. The van der Waals surface area contributed by atoms with Crippen molar-refractivity contribution in [1.29, 1.82) is 0 Å². The fourth-order valence-corrected chi connectivity index (χ4v) is 3.90. The van der Waals surface area contributed by atoms with Gasteiger partial charge in [0.05, 0.1) is 16.3 Å². The fraction of sp³-hybridized carbons (Fsp3) is 0.333. The molecule has 0 aliphatic carbocycles. The summed E-state index contributed by atoms with van der Waals surface area (Å²) in [7, 11) is -3.62. The topological polar surface area (TPSA) is 104 Å². The Morgan fingerprint density at radius 2 is 2.14 bits per heavy atom. The summed E-state index contributed by atoms with van der Waals surface area (Å²) in [5, 5.41) is 11.0. The van der Waals surface area contributed by atoms with E-state index in [0.29, 0.717) is 16.3 Å². The maximum Gasteiger partial charge on any atom is 0.261 e. The van der Waals surface area contributed by atoms with Gasteiger partial charge in [0.2, 0.25) is 10.0 Å². The molecule has 2 aromatic heterocycles. The van der Waals surface area contributed by atoms with Crippen molar-refractivity contribution in [2.45, 2.75) is 18.7 Å². The van der Waals surface area contributed by atoms with Gasteiger partial charge in [0.25, 0.3) is 5.91 Å². The number of carbonyl (C=O) groups is 1. The van der Waals surface area contributed by atoms with Crippen LogP contribution in [0.4, 0.5) is 0 Å². The number of nitrogens with one attached hydrogen (secondary N) is 3. The summed E-state index contributed by atoms with van der Waals surface area (Å²) in [6, 6.07) is 3.50. The molecule has 0 radical (unpaired) electrons. The van der Waals surface area contributed by atoms with Gasteiger partial charge in [0.1, 0.15) is 4.90 Å². The van der Waals surface area contributed by atoms with Crippen LogP contribution in [0.3, 0.4) is 0 Å². The van der Waals surface area contributed by atoms with Crippen molar-refractivity contribution in [2.75, 3.05) is 13.1 Å². The largest absolute Gasteiger partial charge is 0.350 e. The molecule has 0 bridgehead atoms. The van der Waals surface area contributed by atoms with Crippen LogP contribution in [-0.4, -0.2) is 37.6 Å². The lowest BCUT2D eigenvalue weighted by Crippen LogP contribution is -2.34. The zero-order valence-electron chi connectivity index (χ0n) is 11.6. The van der Waals surface area contributed by atoms with Gasteiger partial charge in [0, 0.05) is 13.1 Å². The molecule has 0 saturated carbocycles. The number of thiophene rings is 1. The number of aromatic nitrogens is 2.